The van der Waals surface area contributed by atoms with E-state index in [4.69, 9.17) is 0 Å². The number of imidazole rings is 1. The second-order valence-corrected chi connectivity index (χ2v) is 4.63. The van der Waals surface area contributed by atoms with Gasteiger partial charge < -0.3 is 9.90 Å². The van der Waals surface area contributed by atoms with Crippen LogP contribution in [0.5, 0.6) is 0 Å². The van der Waals surface area contributed by atoms with Crippen molar-refractivity contribution in [2.45, 2.75) is 65.5 Å². The molecule has 0 N–H and O–H groups in total. The molecule has 102 valence electrons. The molecule has 0 spiro atoms. The molecule has 0 saturated heterocycles. The van der Waals surface area contributed by atoms with Gasteiger partial charge in [0, 0.05) is 12.4 Å². The number of nitrogens with zero attached hydrogens (tertiary/aromatic N) is 2. The molecule has 0 saturated carbocycles. The second-order valence-electron chi connectivity index (χ2n) is 4.63. The van der Waals surface area contributed by atoms with Crippen molar-refractivity contribution in [2.75, 3.05) is 0 Å². The molecule has 4 nitrogen and oxygen atoms in total. The third kappa shape index (κ3) is 4.51. The Kier molecular flexibility index (Phi) is 6.47. The van der Waals surface area contributed by atoms with E-state index in [2.05, 4.69) is 35.4 Å². The highest BCUT2D eigenvalue weighted by molar-refractivity contribution is 5.63. The Morgan fingerprint density at radius 3 is 2.72 bits per heavy atom. The van der Waals surface area contributed by atoms with Crippen molar-refractivity contribution in [1.29, 1.82) is 0 Å². The minimum absolute atomic E-state index is 0.138. The predicted molar refractivity (Wildman–Crippen MR) is 67.8 cm³/mol. The number of aliphatic carboxylic acids is 1. The molecule has 18 heavy (non-hydrogen) atoms. The number of rotatable bonds is 9. The van der Waals surface area contributed by atoms with Gasteiger partial charge in [0.05, 0.1) is 13.1 Å². The lowest BCUT2D eigenvalue weighted by molar-refractivity contribution is -0.704. The fourth-order valence-electron chi connectivity index (χ4n) is 2.20. The van der Waals surface area contributed by atoms with Crippen LogP contribution in [0.3, 0.4) is 0 Å². The fourth-order valence-corrected chi connectivity index (χ4v) is 2.20. The molecule has 1 aromatic heterocycles. The summed E-state index contributed by atoms with van der Waals surface area (Å²) >= 11 is 0. The summed E-state index contributed by atoms with van der Waals surface area (Å²) < 4.78 is 4.43. The van der Waals surface area contributed by atoms with Gasteiger partial charge in [-0.1, -0.05) is 19.8 Å². The third-order valence-electron chi connectivity index (χ3n) is 3.21. The van der Waals surface area contributed by atoms with E-state index in [1.165, 1.54) is 25.1 Å². The lowest BCUT2D eigenvalue weighted by Gasteiger charge is -2.04. The quantitative estimate of drug-likeness (QED) is 0.487. The van der Waals surface area contributed by atoms with Gasteiger partial charge in [0.2, 0.25) is 0 Å². The Bertz CT molecular complexity index is 372. The summed E-state index contributed by atoms with van der Waals surface area (Å²) in [6.45, 7) is 6.07. The van der Waals surface area contributed by atoms with E-state index in [0.717, 1.165) is 19.5 Å². The van der Waals surface area contributed by atoms with Gasteiger partial charge in [-0.25, -0.2) is 9.13 Å². The van der Waals surface area contributed by atoms with Crippen molar-refractivity contribution in [3.63, 3.8) is 0 Å². The zero-order valence-corrected chi connectivity index (χ0v) is 11.5. The molecule has 1 rings (SSSR count). The maximum absolute atomic E-state index is 10.4. The summed E-state index contributed by atoms with van der Waals surface area (Å²) in [6, 6.07) is 0. The van der Waals surface area contributed by atoms with Crippen LogP contribution in [0.25, 0.3) is 0 Å². The van der Waals surface area contributed by atoms with E-state index in [-0.39, 0.29) is 6.42 Å². The van der Waals surface area contributed by atoms with Gasteiger partial charge in [0.25, 0.3) is 5.82 Å². The average molecular weight is 252 g/mol. The first-order valence-electron chi connectivity index (χ1n) is 6.96. The number of hydrogen-bond acceptors (Lipinski definition) is 2. The van der Waals surface area contributed by atoms with Gasteiger partial charge in [-0.2, -0.15) is 0 Å². The number of carboxylic acid groups (broad SMARTS) is 1. The first-order chi connectivity index (χ1) is 8.69. The zero-order valence-electron chi connectivity index (χ0n) is 11.5. The van der Waals surface area contributed by atoms with Crippen LogP contribution in [-0.2, 0) is 24.3 Å². The van der Waals surface area contributed by atoms with Crippen LogP contribution in [0.2, 0.25) is 0 Å². The molecule has 0 atom stereocenters. The molecule has 0 radical (unpaired) electrons. The summed E-state index contributed by atoms with van der Waals surface area (Å²) in [5, 5.41) is 10.4. The van der Waals surface area contributed by atoms with Crippen LogP contribution in [-0.4, -0.2) is 10.5 Å². The number of carbonyl (C=O) groups is 1. The summed E-state index contributed by atoms with van der Waals surface area (Å²) in [5.74, 6) is 0.349. The van der Waals surface area contributed by atoms with Crippen molar-refractivity contribution in [3.05, 3.63) is 18.2 Å². The predicted octanol–water partition coefficient (Wildman–Crippen LogP) is 1.06. The summed E-state index contributed by atoms with van der Waals surface area (Å²) in [6.07, 6.45) is 9.65. The van der Waals surface area contributed by atoms with Crippen LogP contribution >= 0.6 is 0 Å². The van der Waals surface area contributed by atoms with E-state index >= 15 is 0 Å². The first kappa shape index (κ1) is 14.7. The molecular formula is C14H24N2O2. The van der Waals surface area contributed by atoms with Gasteiger partial charge in [-0.05, 0) is 26.2 Å². The number of carboxylic acids is 1. The molecule has 1 heterocycles. The number of carbonyl (C=O) groups excluding carboxylic acids is 1. The number of aryl methyl sites for hydroxylation is 2. The Balaban J connectivity index is 2.59. The molecule has 0 aliphatic rings. The van der Waals surface area contributed by atoms with E-state index < -0.39 is 5.97 Å². The molecule has 0 aliphatic heterocycles. The molecular weight excluding hydrogens is 228 g/mol. The Morgan fingerprint density at radius 1 is 1.33 bits per heavy atom. The molecule has 0 fully saturated rings. The first-order valence-corrected chi connectivity index (χ1v) is 6.96. The van der Waals surface area contributed by atoms with Gasteiger partial charge >= 0.3 is 0 Å². The average Bonchev–Trinajstić information content (AvgIpc) is 2.72. The van der Waals surface area contributed by atoms with E-state index in [1.807, 2.05) is 0 Å². The lowest BCUT2D eigenvalue weighted by Crippen LogP contribution is -2.38. The summed E-state index contributed by atoms with van der Waals surface area (Å²) in [5.41, 5.74) is 0. The molecule has 0 bridgehead atoms. The summed E-state index contributed by atoms with van der Waals surface area (Å²) in [7, 11) is 0. The van der Waals surface area contributed by atoms with E-state index in [9.17, 15) is 9.90 Å². The molecule has 0 unspecified atom stereocenters. The number of aromatic nitrogens is 2. The highest BCUT2D eigenvalue weighted by atomic mass is 16.4. The monoisotopic (exact) mass is 252 g/mol. The maximum atomic E-state index is 10.4. The molecule has 4 heteroatoms. The molecule has 1 aromatic rings. The Morgan fingerprint density at radius 2 is 2.11 bits per heavy atom. The van der Waals surface area contributed by atoms with Crippen molar-refractivity contribution < 1.29 is 14.5 Å². The van der Waals surface area contributed by atoms with Crippen LogP contribution in [0.4, 0.5) is 0 Å². The topological polar surface area (TPSA) is 48.9 Å². The minimum Gasteiger partial charge on any atom is -0.550 e. The maximum Gasteiger partial charge on any atom is 0.256 e. The van der Waals surface area contributed by atoms with Gasteiger partial charge in [0.15, 0.2) is 0 Å². The largest absolute Gasteiger partial charge is 0.550 e. The molecule has 0 aromatic carbocycles. The highest BCUT2D eigenvalue weighted by Gasteiger charge is 2.14. The van der Waals surface area contributed by atoms with Gasteiger partial charge in [-0.15, -0.1) is 0 Å². The van der Waals surface area contributed by atoms with Gasteiger partial charge in [-0.3, -0.25) is 0 Å². The lowest BCUT2D eigenvalue weighted by atomic mass is 10.2. The normalized spacial score (nSPS) is 10.8. The van der Waals surface area contributed by atoms with Crippen molar-refractivity contribution in [3.8, 4) is 0 Å². The van der Waals surface area contributed by atoms with Gasteiger partial charge in [0.1, 0.15) is 12.4 Å². The van der Waals surface area contributed by atoms with Crippen molar-refractivity contribution >= 4 is 5.97 Å². The SMILES string of the molecule is CCCCCc1n(CC)cc[n+]1CCCC(=O)[O-]. The Hall–Kier alpha value is -1.32. The van der Waals surface area contributed by atoms with Crippen LogP contribution in [0.15, 0.2) is 12.4 Å². The van der Waals surface area contributed by atoms with Crippen molar-refractivity contribution in [1.82, 2.24) is 4.57 Å². The highest BCUT2D eigenvalue weighted by Crippen LogP contribution is 2.04. The van der Waals surface area contributed by atoms with Crippen LogP contribution < -0.4 is 9.67 Å². The third-order valence-corrected chi connectivity index (χ3v) is 3.21. The van der Waals surface area contributed by atoms with Crippen molar-refractivity contribution in [2.24, 2.45) is 0 Å². The molecule has 0 amide bonds. The second kappa shape index (κ2) is 7.90. The number of hydrogen-bond donors (Lipinski definition) is 0. The van der Waals surface area contributed by atoms with E-state index in [1.54, 1.807) is 0 Å². The van der Waals surface area contributed by atoms with Crippen LogP contribution in [0.1, 0.15) is 51.8 Å². The standard InChI is InChI=1S/C14H24N2O2/c1-3-5-6-8-13-15(4-2)11-12-16(13)10-7-9-14(17)18/h11-12H,3-10H2,1-2H3. The Labute approximate surface area is 109 Å². The smallest absolute Gasteiger partial charge is 0.256 e. The van der Waals surface area contributed by atoms with Crippen LogP contribution in [0, 0.1) is 0 Å². The number of unbranched alkanes of at least 4 members (excludes halogenated alkanes) is 2. The summed E-state index contributed by atoms with van der Waals surface area (Å²) in [4.78, 5) is 10.4. The minimum atomic E-state index is -0.960. The zero-order chi connectivity index (χ0) is 13.4. The fraction of sp³-hybridized carbons (Fsp3) is 0.714. The molecule has 0 aliphatic carbocycles. The van der Waals surface area contributed by atoms with E-state index in [0.29, 0.717) is 6.42 Å².